The standard InChI is InChI=1S/C15H23BrN2/c1-2-3-13-7-9-18(11-13)15-5-4-12(6-8-17)10-14(15)16/h4-5,10,13H,2-3,6-9,11,17H2,1H3. The molecular formula is C15H23BrN2. The van der Waals surface area contributed by atoms with Crippen molar-refractivity contribution in [1.29, 1.82) is 0 Å². The van der Waals surface area contributed by atoms with Crippen LogP contribution in [-0.4, -0.2) is 19.6 Å². The Morgan fingerprint density at radius 1 is 1.44 bits per heavy atom. The van der Waals surface area contributed by atoms with E-state index in [9.17, 15) is 0 Å². The summed E-state index contributed by atoms with van der Waals surface area (Å²) in [5, 5.41) is 0. The second-order valence-corrected chi connectivity index (χ2v) is 6.07. The Kier molecular flexibility index (Phi) is 5.07. The summed E-state index contributed by atoms with van der Waals surface area (Å²) in [6, 6.07) is 6.67. The van der Waals surface area contributed by atoms with E-state index < -0.39 is 0 Å². The SMILES string of the molecule is CCCC1CCN(c2ccc(CCN)cc2Br)C1. The first kappa shape index (κ1) is 13.9. The molecule has 1 fully saturated rings. The molecule has 100 valence electrons. The minimum atomic E-state index is 0.716. The zero-order valence-electron chi connectivity index (χ0n) is 11.2. The molecule has 1 aromatic carbocycles. The van der Waals surface area contributed by atoms with Crippen LogP contribution in [0.4, 0.5) is 5.69 Å². The summed E-state index contributed by atoms with van der Waals surface area (Å²) in [6.45, 7) is 5.40. The number of halogens is 1. The van der Waals surface area contributed by atoms with Gasteiger partial charge >= 0.3 is 0 Å². The Morgan fingerprint density at radius 2 is 2.28 bits per heavy atom. The van der Waals surface area contributed by atoms with Gasteiger partial charge in [-0.2, -0.15) is 0 Å². The van der Waals surface area contributed by atoms with Crippen molar-refractivity contribution in [3.8, 4) is 0 Å². The Balaban J connectivity index is 2.05. The van der Waals surface area contributed by atoms with Crippen LogP contribution >= 0.6 is 15.9 Å². The van der Waals surface area contributed by atoms with Gasteiger partial charge < -0.3 is 10.6 Å². The lowest BCUT2D eigenvalue weighted by Gasteiger charge is -2.21. The van der Waals surface area contributed by atoms with E-state index in [0.29, 0.717) is 6.54 Å². The smallest absolute Gasteiger partial charge is 0.0510 e. The second-order valence-electron chi connectivity index (χ2n) is 5.21. The monoisotopic (exact) mass is 310 g/mol. The van der Waals surface area contributed by atoms with Gasteiger partial charge in [0.2, 0.25) is 0 Å². The largest absolute Gasteiger partial charge is 0.370 e. The van der Waals surface area contributed by atoms with Crippen LogP contribution in [0.2, 0.25) is 0 Å². The molecule has 1 unspecified atom stereocenters. The van der Waals surface area contributed by atoms with Crippen LogP contribution in [0.15, 0.2) is 22.7 Å². The minimum absolute atomic E-state index is 0.716. The predicted molar refractivity (Wildman–Crippen MR) is 82.1 cm³/mol. The van der Waals surface area contributed by atoms with Crippen LogP contribution in [-0.2, 0) is 6.42 Å². The molecule has 0 aliphatic carbocycles. The Morgan fingerprint density at radius 3 is 2.94 bits per heavy atom. The fourth-order valence-corrected chi connectivity index (χ4v) is 3.50. The van der Waals surface area contributed by atoms with Crippen molar-refractivity contribution in [3.05, 3.63) is 28.2 Å². The Hall–Kier alpha value is -0.540. The molecule has 0 saturated carbocycles. The molecule has 2 N–H and O–H groups in total. The molecule has 1 aliphatic rings. The maximum Gasteiger partial charge on any atom is 0.0510 e. The van der Waals surface area contributed by atoms with E-state index in [1.165, 1.54) is 48.1 Å². The Labute approximate surface area is 119 Å². The van der Waals surface area contributed by atoms with Crippen molar-refractivity contribution < 1.29 is 0 Å². The lowest BCUT2D eigenvalue weighted by Crippen LogP contribution is -2.20. The van der Waals surface area contributed by atoms with Gasteiger partial charge in [0.15, 0.2) is 0 Å². The van der Waals surface area contributed by atoms with Gasteiger partial charge in [-0.05, 0) is 65.4 Å². The number of rotatable bonds is 5. The quantitative estimate of drug-likeness (QED) is 0.900. The highest BCUT2D eigenvalue weighted by Crippen LogP contribution is 2.32. The van der Waals surface area contributed by atoms with E-state index in [2.05, 4.69) is 46.0 Å². The molecule has 0 spiro atoms. The van der Waals surface area contributed by atoms with Gasteiger partial charge in [-0.25, -0.2) is 0 Å². The molecule has 1 saturated heterocycles. The minimum Gasteiger partial charge on any atom is -0.370 e. The van der Waals surface area contributed by atoms with E-state index in [-0.39, 0.29) is 0 Å². The van der Waals surface area contributed by atoms with Crippen LogP contribution in [0.25, 0.3) is 0 Å². The third kappa shape index (κ3) is 3.27. The van der Waals surface area contributed by atoms with Crippen molar-refractivity contribution in [2.45, 2.75) is 32.6 Å². The number of hydrogen-bond acceptors (Lipinski definition) is 2. The molecule has 0 amide bonds. The van der Waals surface area contributed by atoms with E-state index >= 15 is 0 Å². The summed E-state index contributed by atoms with van der Waals surface area (Å²) in [7, 11) is 0. The molecular weight excluding hydrogens is 288 g/mol. The topological polar surface area (TPSA) is 29.3 Å². The van der Waals surface area contributed by atoms with Crippen molar-refractivity contribution in [2.24, 2.45) is 11.7 Å². The predicted octanol–water partition coefficient (Wildman–Crippen LogP) is 3.58. The van der Waals surface area contributed by atoms with Crippen molar-refractivity contribution in [1.82, 2.24) is 0 Å². The number of benzene rings is 1. The van der Waals surface area contributed by atoms with E-state index in [1.807, 2.05) is 0 Å². The second kappa shape index (κ2) is 6.58. The highest BCUT2D eigenvalue weighted by molar-refractivity contribution is 9.10. The summed E-state index contributed by atoms with van der Waals surface area (Å²) < 4.78 is 1.21. The summed E-state index contributed by atoms with van der Waals surface area (Å²) in [6.07, 6.45) is 4.96. The van der Waals surface area contributed by atoms with Crippen LogP contribution < -0.4 is 10.6 Å². The molecule has 0 aromatic heterocycles. The summed E-state index contributed by atoms with van der Waals surface area (Å²) >= 11 is 3.70. The first-order valence-electron chi connectivity index (χ1n) is 6.98. The van der Waals surface area contributed by atoms with Gasteiger partial charge in [0.1, 0.15) is 0 Å². The van der Waals surface area contributed by atoms with Crippen LogP contribution in [0.1, 0.15) is 31.7 Å². The molecule has 1 aliphatic heterocycles. The number of anilines is 1. The fraction of sp³-hybridized carbons (Fsp3) is 0.600. The van der Waals surface area contributed by atoms with Crippen molar-refractivity contribution in [2.75, 3.05) is 24.5 Å². The third-order valence-electron chi connectivity index (χ3n) is 3.77. The molecule has 18 heavy (non-hydrogen) atoms. The normalized spacial score (nSPS) is 19.5. The highest BCUT2D eigenvalue weighted by atomic mass is 79.9. The lowest BCUT2D eigenvalue weighted by atomic mass is 10.0. The van der Waals surface area contributed by atoms with Gasteiger partial charge in [0.25, 0.3) is 0 Å². The van der Waals surface area contributed by atoms with Crippen LogP contribution in [0.5, 0.6) is 0 Å². The van der Waals surface area contributed by atoms with Gasteiger partial charge in [0, 0.05) is 17.6 Å². The molecule has 3 heteroatoms. The number of hydrogen-bond donors (Lipinski definition) is 1. The van der Waals surface area contributed by atoms with Gasteiger partial charge in [-0.3, -0.25) is 0 Å². The average molecular weight is 311 g/mol. The van der Waals surface area contributed by atoms with Gasteiger partial charge in [-0.1, -0.05) is 19.4 Å². The fourth-order valence-electron chi connectivity index (χ4n) is 2.82. The van der Waals surface area contributed by atoms with Gasteiger partial charge in [-0.15, -0.1) is 0 Å². The number of nitrogens with two attached hydrogens (primary N) is 1. The lowest BCUT2D eigenvalue weighted by molar-refractivity contribution is 0.530. The first-order chi connectivity index (χ1) is 8.74. The van der Waals surface area contributed by atoms with E-state index in [1.54, 1.807) is 0 Å². The summed E-state index contributed by atoms with van der Waals surface area (Å²) in [5.74, 6) is 0.880. The molecule has 1 aromatic rings. The molecule has 0 bridgehead atoms. The summed E-state index contributed by atoms with van der Waals surface area (Å²) in [4.78, 5) is 2.51. The maximum atomic E-state index is 5.60. The molecule has 1 atom stereocenters. The highest BCUT2D eigenvalue weighted by Gasteiger charge is 2.23. The molecule has 0 radical (unpaired) electrons. The maximum absolute atomic E-state index is 5.60. The van der Waals surface area contributed by atoms with Gasteiger partial charge in [0.05, 0.1) is 5.69 Å². The van der Waals surface area contributed by atoms with Crippen molar-refractivity contribution >= 4 is 21.6 Å². The van der Waals surface area contributed by atoms with Crippen LogP contribution in [0.3, 0.4) is 0 Å². The zero-order chi connectivity index (χ0) is 13.0. The van der Waals surface area contributed by atoms with E-state index in [0.717, 1.165) is 12.3 Å². The molecule has 2 rings (SSSR count). The summed E-state index contributed by atoms with van der Waals surface area (Å²) in [5.41, 5.74) is 8.26. The molecule has 2 nitrogen and oxygen atoms in total. The van der Waals surface area contributed by atoms with Crippen molar-refractivity contribution in [3.63, 3.8) is 0 Å². The zero-order valence-corrected chi connectivity index (χ0v) is 12.7. The number of nitrogens with zero attached hydrogens (tertiary/aromatic N) is 1. The van der Waals surface area contributed by atoms with Crippen LogP contribution in [0, 0.1) is 5.92 Å². The Bertz CT molecular complexity index is 392. The first-order valence-corrected chi connectivity index (χ1v) is 7.77. The molecule has 1 heterocycles. The van der Waals surface area contributed by atoms with E-state index in [4.69, 9.17) is 5.73 Å². The third-order valence-corrected chi connectivity index (χ3v) is 4.40. The average Bonchev–Trinajstić information content (AvgIpc) is 2.78.